The normalized spacial score (nSPS) is 12.0. The summed E-state index contributed by atoms with van der Waals surface area (Å²) in [6.45, 7) is 8.19. The molecule has 0 radical (unpaired) electrons. The van der Waals surface area contributed by atoms with Gasteiger partial charge in [-0.05, 0) is 51.5 Å². The van der Waals surface area contributed by atoms with Gasteiger partial charge in [-0.3, -0.25) is 14.2 Å². The van der Waals surface area contributed by atoms with Crippen molar-refractivity contribution in [3.8, 4) is 5.75 Å². The summed E-state index contributed by atoms with van der Waals surface area (Å²) in [6, 6.07) is 9.35. The summed E-state index contributed by atoms with van der Waals surface area (Å²) in [5.74, 6) is 0.691. The molecule has 3 aromatic rings. The molecule has 1 amide bonds. The number of benzene rings is 1. The summed E-state index contributed by atoms with van der Waals surface area (Å²) >= 11 is 0. The molecular weight excluding hydrogens is 342 g/mol. The second-order valence-corrected chi connectivity index (χ2v) is 6.66. The molecule has 0 saturated heterocycles. The van der Waals surface area contributed by atoms with Crippen molar-refractivity contribution < 1.29 is 9.53 Å². The molecule has 1 atom stereocenters. The number of hydrogen-bond donors (Lipinski definition) is 1. The Morgan fingerprint density at radius 3 is 2.67 bits per heavy atom. The van der Waals surface area contributed by atoms with Gasteiger partial charge in [0.05, 0.1) is 36.4 Å². The first-order valence-electron chi connectivity index (χ1n) is 8.88. The highest BCUT2D eigenvalue weighted by molar-refractivity contribution is 5.94. The number of anilines is 1. The summed E-state index contributed by atoms with van der Waals surface area (Å²) in [7, 11) is 1.65. The summed E-state index contributed by atoms with van der Waals surface area (Å²) in [5.41, 5.74) is 4.41. The molecular formula is C20H25N5O2. The van der Waals surface area contributed by atoms with E-state index in [-0.39, 0.29) is 5.91 Å². The van der Waals surface area contributed by atoms with E-state index in [1.807, 2.05) is 68.9 Å². The first-order valence-corrected chi connectivity index (χ1v) is 8.88. The summed E-state index contributed by atoms with van der Waals surface area (Å²) < 4.78 is 8.83. The van der Waals surface area contributed by atoms with E-state index in [1.165, 1.54) is 0 Å². The molecule has 2 heterocycles. The van der Waals surface area contributed by atoms with Crippen LogP contribution in [0.1, 0.15) is 35.6 Å². The molecule has 0 spiro atoms. The number of aryl methyl sites for hydroxylation is 2. The molecule has 1 N–H and O–H groups in total. The third-order valence-electron chi connectivity index (χ3n) is 4.61. The minimum absolute atomic E-state index is 0.120. The number of aromatic nitrogens is 4. The number of amides is 1. The monoisotopic (exact) mass is 367 g/mol. The van der Waals surface area contributed by atoms with E-state index in [2.05, 4.69) is 15.5 Å². The zero-order valence-electron chi connectivity index (χ0n) is 16.4. The smallest absolute Gasteiger partial charge is 0.249 e. The lowest BCUT2D eigenvalue weighted by molar-refractivity contribution is -0.119. The highest BCUT2D eigenvalue weighted by Gasteiger charge is 2.20. The van der Waals surface area contributed by atoms with Crippen molar-refractivity contribution in [3.63, 3.8) is 0 Å². The number of rotatable bonds is 6. The van der Waals surface area contributed by atoms with Gasteiger partial charge in [-0.15, -0.1) is 0 Å². The molecule has 1 aromatic carbocycles. The molecule has 0 fully saturated rings. The molecule has 142 valence electrons. The first-order chi connectivity index (χ1) is 12.9. The van der Waals surface area contributed by atoms with Gasteiger partial charge in [-0.1, -0.05) is 12.1 Å². The third kappa shape index (κ3) is 4.02. The number of hydrogen-bond acceptors (Lipinski definition) is 4. The highest BCUT2D eigenvalue weighted by Crippen LogP contribution is 2.23. The standard InChI is InChI=1S/C20H25N5O2/c1-13-9-10-24(22-13)16(4)20(26)21-19-14(2)23-25(15(19)3)12-17-7-6-8-18(11-17)27-5/h6-11,16H,12H2,1-5H3,(H,21,26). The van der Waals surface area contributed by atoms with Crippen LogP contribution in [0.5, 0.6) is 5.75 Å². The molecule has 7 nitrogen and oxygen atoms in total. The second-order valence-electron chi connectivity index (χ2n) is 6.66. The van der Waals surface area contributed by atoms with Gasteiger partial charge in [0.25, 0.3) is 0 Å². The average Bonchev–Trinajstić information content (AvgIpc) is 3.20. The van der Waals surface area contributed by atoms with Crippen LogP contribution in [0, 0.1) is 20.8 Å². The van der Waals surface area contributed by atoms with E-state index in [1.54, 1.807) is 11.8 Å². The van der Waals surface area contributed by atoms with Crippen LogP contribution in [-0.4, -0.2) is 32.6 Å². The molecule has 0 aliphatic rings. The van der Waals surface area contributed by atoms with Crippen LogP contribution in [0.25, 0.3) is 0 Å². The summed E-state index contributed by atoms with van der Waals surface area (Å²) in [4.78, 5) is 12.7. The molecule has 27 heavy (non-hydrogen) atoms. The van der Waals surface area contributed by atoms with Crippen LogP contribution in [0.15, 0.2) is 36.5 Å². The minimum Gasteiger partial charge on any atom is -0.497 e. The van der Waals surface area contributed by atoms with Crippen molar-refractivity contribution in [2.24, 2.45) is 0 Å². The van der Waals surface area contributed by atoms with Gasteiger partial charge >= 0.3 is 0 Å². The summed E-state index contributed by atoms with van der Waals surface area (Å²) in [6.07, 6.45) is 1.81. The lowest BCUT2D eigenvalue weighted by atomic mass is 10.2. The van der Waals surface area contributed by atoms with Crippen molar-refractivity contribution in [2.75, 3.05) is 12.4 Å². The molecule has 0 aliphatic heterocycles. The Morgan fingerprint density at radius 1 is 1.22 bits per heavy atom. The molecule has 2 aromatic heterocycles. The lowest BCUT2D eigenvalue weighted by Crippen LogP contribution is -2.24. The van der Waals surface area contributed by atoms with Crippen molar-refractivity contribution in [3.05, 3.63) is 59.2 Å². The Labute approximate surface area is 159 Å². The van der Waals surface area contributed by atoms with Crippen molar-refractivity contribution in [1.29, 1.82) is 0 Å². The Balaban J connectivity index is 1.78. The van der Waals surface area contributed by atoms with E-state index in [9.17, 15) is 4.79 Å². The quantitative estimate of drug-likeness (QED) is 0.726. The number of carbonyl (C=O) groups excluding carboxylic acids is 1. The first kappa shape index (κ1) is 18.7. The number of nitrogens with one attached hydrogen (secondary N) is 1. The van der Waals surface area contributed by atoms with Crippen LogP contribution in [0.2, 0.25) is 0 Å². The average molecular weight is 367 g/mol. The topological polar surface area (TPSA) is 74.0 Å². The van der Waals surface area contributed by atoms with E-state index in [0.29, 0.717) is 6.54 Å². The van der Waals surface area contributed by atoms with Gasteiger partial charge in [0.15, 0.2) is 0 Å². The molecule has 1 unspecified atom stereocenters. The Morgan fingerprint density at radius 2 is 2.00 bits per heavy atom. The zero-order valence-corrected chi connectivity index (χ0v) is 16.4. The fraction of sp³-hybridized carbons (Fsp3) is 0.350. The van der Waals surface area contributed by atoms with Gasteiger partial charge < -0.3 is 10.1 Å². The highest BCUT2D eigenvalue weighted by atomic mass is 16.5. The van der Waals surface area contributed by atoms with Crippen LogP contribution in [0.4, 0.5) is 5.69 Å². The Hall–Kier alpha value is -3.09. The minimum atomic E-state index is -0.403. The molecule has 0 saturated carbocycles. The van der Waals surface area contributed by atoms with Crippen molar-refractivity contribution in [2.45, 2.75) is 40.3 Å². The maximum Gasteiger partial charge on any atom is 0.249 e. The fourth-order valence-electron chi connectivity index (χ4n) is 2.97. The van der Waals surface area contributed by atoms with E-state index < -0.39 is 6.04 Å². The summed E-state index contributed by atoms with van der Waals surface area (Å²) in [5, 5.41) is 11.9. The SMILES string of the molecule is COc1cccc(Cn2nc(C)c(NC(=O)C(C)n3ccc(C)n3)c2C)c1. The molecule has 0 bridgehead atoms. The third-order valence-corrected chi connectivity index (χ3v) is 4.61. The second kappa shape index (κ2) is 7.65. The van der Waals surface area contributed by atoms with Crippen LogP contribution in [-0.2, 0) is 11.3 Å². The molecule has 0 aliphatic carbocycles. The Bertz CT molecular complexity index is 957. The zero-order chi connectivity index (χ0) is 19.6. The predicted octanol–water partition coefficient (Wildman–Crippen LogP) is 3.26. The maximum absolute atomic E-state index is 12.7. The van der Waals surface area contributed by atoms with Gasteiger partial charge in [0.1, 0.15) is 11.8 Å². The van der Waals surface area contributed by atoms with Gasteiger partial charge in [-0.25, -0.2) is 0 Å². The number of carbonyl (C=O) groups is 1. The molecule has 7 heteroatoms. The van der Waals surface area contributed by atoms with Crippen LogP contribution in [0.3, 0.4) is 0 Å². The fourth-order valence-corrected chi connectivity index (χ4v) is 2.97. The van der Waals surface area contributed by atoms with Crippen LogP contribution < -0.4 is 10.1 Å². The maximum atomic E-state index is 12.7. The lowest BCUT2D eigenvalue weighted by Gasteiger charge is -2.13. The number of nitrogens with zero attached hydrogens (tertiary/aromatic N) is 4. The van der Waals surface area contributed by atoms with Crippen LogP contribution >= 0.6 is 0 Å². The van der Waals surface area contributed by atoms with Gasteiger partial charge in [0.2, 0.25) is 5.91 Å². The predicted molar refractivity (Wildman–Crippen MR) is 104 cm³/mol. The van der Waals surface area contributed by atoms with Crippen molar-refractivity contribution >= 4 is 11.6 Å². The number of methoxy groups -OCH3 is 1. The van der Waals surface area contributed by atoms with Crippen molar-refractivity contribution in [1.82, 2.24) is 19.6 Å². The Kier molecular flexibility index (Phi) is 5.30. The largest absolute Gasteiger partial charge is 0.497 e. The molecule has 3 rings (SSSR count). The van der Waals surface area contributed by atoms with E-state index in [0.717, 1.165) is 34.1 Å². The van der Waals surface area contributed by atoms with E-state index >= 15 is 0 Å². The van der Waals surface area contributed by atoms with Gasteiger partial charge in [0, 0.05) is 6.20 Å². The van der Waals surface area contributed by atoms with Gasteiger partial charge in [-0.2, -0.15) is 10.2 Å². The number of ether oxygens (including phenoxy) is 1. The van der Waals surface area contributed by atoms with E-state index in [4.69, 9.17) is 4.74 Å².